The maximum Gasteiger partial charge on any atom is 0.257 e. The number of hydrogen-bond donors (Lipinski definition) is 2. The fourth-order valence-electron chi connectivity index (χ4n) is 2.41. The summed E-state index contributed by atoms with van der Waals surface area (Å²) >= 11 is 0. The van der Waals surface area contributed by atoms with E-state index in [4.69, 9.17) is 4.74 Å². The lowest BCUT2D eigenvalue weighted by molar-refractivity contribution is -0.111. The summed E-state index contributed by atoms with van der Waals surface area (Å²) < 4.78 is 5.10. The third kappa shape index (κ3) is 5.28. The number of nitrogens with zero attached hydrogens (tertiary/aromatic N) is 1. The Morgan fingerprint density at radius 2 is 1.61 bits per heavy atom. The van der Waals surface area contributed by atoms with Gasteiger partial charge in [-0.15, -0.1) is 0 Å². The highest BCUT2D eigenvalue weighted by Gasteiger charge is 2.06. The highest BCUT2D eigenvalue weighted by Crippen LogP contribution is 2.15. The zero-order valence-electron chi connectivity index (χ0n) is 15.3. The van der Waals surface area contributed by atoms with Crippen LogP contribution in [0.2, 0.25) is 0 Å². The molecule has 0 saturated carbocycles. The highest BCUT2D eigenvalue weighted by atomic mass is 16.5. The molecule has 28 heavy (non-hydrogen) atoms. The van der Waals surface area contributed by atoms with Crippen LogP contribution in [0.3, 0.4) is 0 Å². The minimum absolute atomic E-state index is 0.243. The molecule has 0 saturated heterocycles. The molecule has 3 rings (SSSR count). The zero-order chi connectivity index (χ0) is 19.8. The number of hydrogen-bond acceptors (Lipinski definition) is 4. The van der Waals surface area contributed by atoms with Crippen molar-refractivity contribution in [1.82, 2.24) is 4.98 Å². The van der Waals surface area contributed by atoms with Crippen molar-refractivity contribution >= 4 is 29.3 Å². The van der Waals surface area contributed by atoms with Crippen molar-refractivity contribution in [2.75, 3.05) is 17.7 Å². The Labute approximate surface area is 162 Å². The van der Waals surface area contributed by atoms with Crippen molar-refractivity contribution in [3.8, 4) is 5.75 Å². The third-order valence-electron chi connectivity index (χ3n) is 3.88. The number of aromatic nitrogens is 1. The van der Waals surface area contributed by atoms with Crippen molar-refractivity contribution in [2.24, 2.45) is 0 Å². The van der Waals surface area contributed by atoms with Gasteiger partial charge in [-0.05, 0) is 60.2 Å². The summed E-state index contributed by atoms with van der Waals surface area (Å²) in [7, 11) is 1.61. The van der Waals surface area contributed by atoms with Crippen LogP contribution in [-0.2, 0) is 4.79 Å². The van der Waals surface area contributed by atoms with Crippen LogP contribution in [0.25, 0.3) is 6.08 Å². The minimum atomic E-state index is -0.247. The lowest BCUT2D eigenvalue weighted by Gasteiger charge is -2.07. The average molecular weight is 373 g/mol. The van der Waals surface area contributed by atoms with Crippen LogP contribution in [0.1, 0.15) is 15.9 Å². The Bertz CT molecular complexity index is 966. The third-order valence-corrected chi connectivity index (χ3v) is 3.88. The summed E-state index contributed by atoms with van der Waals surface area (Å²) in [5.41, 5.74) is 2.62. The smallest absolute Gasteiger partial charge is 0.257 e. The summed E-state index contributed by atoms with van der Waals surface area (Å²) in [5.74, 6) is 0.271. The Balaban J connectivity index is 1.55. The molecule has 1 aromatic heterocycles. The van der Waals surface area contributed by atoms with Crippen molar-refractivity contribution in [2.45, 2.75) is 0 Å². The van der Waals surface area contributed by atoms with Gasteiger partial charge in [0, 0.05) is 29.8 Å². The molecule has 2 aromatic carbocycles. The molecular weight excluding hydrogens is 354 g/mol. The van der Waals surface area contributed by atoms with Crippen molar-refractivity contribution in [3.05, 3.63) is 90.3 Å². The fourth-order valence-corrected chi connectivity index (χ4v) is 2.41. The van der Waals surface area contributed by atoms with Crippen LogP contribution in [0.4, 0.5) is 11.4 Å². The van der Waals surface area contributed by atoms with Gasteiger partial charge in [0.2, 0.25) is 5.91 Å². The normalized spacial score (nSPS) is 10.5. The molecule has 0 bridgehead atoms. The number of methoxy groups -OCH3 is 1. The molecule has 0 aliphatic carbocycles. The number of carbonyl (C=O) groups is 2. The van der Waals surface area contributed by atoms with E-state index in [0.29, 0.717) is 16.9 Å². The van der Waals surface area contributed by atoms with Gasteiger partial charge in [0.05, 0.1) is 12.7 Å². The predicted octanol–water partition coefficient (Wildman–Crippen LogP) is 3.99. The Morgan fingerprint density at radius 3 is 2.21 bits per heavy atom. The second kappa shape index (κ2) is 9.14. The number of ether oxygens (including phenoxy) is 1. The molecule has 2 amide bonds. The molecular formula is C22H19N3O3. The van der Waals surface area contributed by atoms with Crippen LogP contribution in [-0.4, -0.2) is 23.9 Å². The van der Waals surface area contributed by atoms with Gasteiger partial charge in [-0.3, -0.25) is 14.6 Å². The topological polar surface area (TPSA) is 80.3 Å². The van der Waals surface area contributed by atoms with Crippen LogP contribution in [0.5, 0.6) is 5.75 Å². The predicted molar refractivity (Wildman–Crippen MR) is 109 cm³/mol. The number of carbonyl (C=O) groups excluding carboxylic acids is 2. The maximum atomic E-state index is 12.1. The first-order valence-electron chi connectivity index (χ1n) is 8.58. The molecule has 0 atom stereocenters. The van der Waals surface area contributed by atoms with E-state index in [2.05, 4.69) is 15.6 Å². The Morgan fingerprint density at radius 1 is 0.929 bits per heavy atom. The van der Waals surface area contributed by atoms with Gasteiger partial charge in [0.15, 0.2) is 0 Å². The number of pyridine rings is 1. The molecule has 0 unspecified atom stereocenters. The molecule has 3 aromatic rings. The Kier molecular flexibility index (Phi) is 6.15. The fraction of sp³-hybridized carbons (Fsp3) is 0.0455. The van der Waals surface area contributed by atoms with Crippen LogP contribution in [0.15, 0.2) is 79.1 Å². The molecule has 140 valence electrons. The van der Waals surface area contributed by atoms with E-state index in [-0.39, 0.29) is 11.8 Å². The summed E-state index contributed by atoms with van der Waals surface area (Å²) in [6.45, 7) is 0. The number of amides is 2. The second-order valence-electron chi connectivity index (χ2n) is 5.87. The number of benzene rings is 2. The first kappa shape index (κ1) is 18.8. The van der Waals surface area contributed by atoms with E-state index >= 15 is 0 Å². The van der Waals surface area contributed by atoms with Gasteiger partial charge < -0.3 is 15.4 Å². The molecule has 0 aliphatic heterocycles. The number of anilines is 2. The van der Waals surface area contributed by atoms with E-state index in [1.807, 2.05) is 24.3 Å². The summed E-state index contributed by atoms with van der Waals surface area (Å²) in [6.07, 6.45) is 6.29. The van der Waals surface area contributed by atoms with Crippen LogP contribution < -0.4 is 15.4 Å². The van der Waals surface area contributed by atoms with Crippen molar-refractivity contribution in [1.29, 1.82) is 0 Å². The van der Waals surface area contributed by atoms with E-state index in [1.54, 1.807) is 55.8 Å². The SMILES string of the molecule is COc1ccc(/C=C/C(=O)Nc2ccc(NC(=O)c3cccnc3)cc2)cc1. The minimum Gasteiger partial charge on any atom is -0.497 e. The molecule has 0 fully saturated rings. The highest BCUT2D eigenvalue weighted by molar-refractivity contribution is 6.04. The maximum absolute atomic E-state index is 12.1. The Hall–Kier alpha value is -3.93. The molecule has 0 aliphatic rings. The molecule has 0 spiro atoms. The van der Waals surface area contributed by atoms with Gasteiger partial charge in [-0.1, -0.05) is 12.1 Å². The first-order valence-corrected chi connectivity index (χ1v) is 8.58. The van der Waals surface area contributed by atoms with Crippen LogP contribution >= 0.6 is 0 Å². The van der Waals surface area contributed by atoms with Crippen molar-refractivity contribution < 1.29 is 14.3 Å². The molecule has 0 radical (unpaired) electrons. The van der Waals surface area contributed by atoms with E-state index < -0.39 is 0 Å². The zero-order valence-corrected chi connectivity index (χ0v) is 15.3. The van der Waals surface area contributed by atoms with Gasteiger partial charge in [0.1, 0.15) is 5.75 Å². The number of rotatable bonds is 6. The van der Waals surface area contributed by atoms with Gasteiger partial charge in [0.25, 0.3) is 5.91 Å². The summed E-state index contributed by atoms with van der Waals surface area (Å²) in [4.78, 5) is 28.1. The van der Waals surface area contributed by atoms with Crippen molar-refractivity contribution in [3.63, 3.8) is 0 Å². The number of nitrogens with one attached hydrogen (secondary N) is 2. The van der Waals surface area contributed by atoms with Crippen LogP contribution in [0, 0.1) is 0 Å². The second-order valence-corrected chi connectivity index (χ2v) is 5.87. The summed E-state index contributed by atoms with van der Waals surface area (Å²) in [6, 6.07) is 17.7. The molecule has 6 nitrogen and oxygen atoms in total. The monoisotopic (exact) mass is 373 g/mol. The first-order chi connectivity index (χ1) is 13.6. The molecule has 1 heterocycles. The quantitative estimate of drug-likeness (QED) is 0.640. The van der Waals surface area contributed by atoms with Gasteiger partial charge in [-0.25, -0.2) is 0 Å². The standard InChI is InChI=1S/C22H19N3O3/c1-28-20-11-4-16(5-12-20)6-13-21(26)24-18-7-9-19(10-8-18)25-22(27)17-3-2-14-23-15-17/h2-15H,1H3,(H,24,26)(H,25,27)/b13-6+. The van der Waals surface area contributed by atoms with Gasteiger partial charge >= 0.3 is 0 Å². The van der Waals surface area contributed by atoms with Gasteiger partial charge in [-0.2, -0.15) is 0 Å². The summed E-state index contributed by atoms with van der Waals surface area (Å²) in [5, 5.41) is 5.55. The van der Waals surface area contributed by atoms with E-state index in [1.165, 1.54) is 12.3 Å². The molecule has 6 heteroatoms. The molecule has 2 N–H and O–H groups in total. The van der Waals surface area contributed by atoms with E-state index in [9.17, 15) is 9.59 Å². The largest absolute Gasteiger partial charge is 0.497 e. The lowest BCUT2D eigenvalue weighted by atomic mass is 10.2. The lowest BCUT2D eigenvalue weighted by Crippen LogP contribution is -2.12. The van der Waals surface area contributed by atoms with E-state index in [0.717, 1.165) is 11.3 Å². The average Bonchev–Trinajstić information content (AvgIpc) is 2.74.